The van der Waals surface area contributed by atoms with E-state index < -0.39 is 0 Å². The Bertz CT molecular complexity index is 607. The summed E-state index contributed by atoms with van der Waals surface area (Å²) in [5, 5.41) is 7.38. The van der Waals surface area contributed by atoms with Crippen LogP contribution in [-0.4, -0.2) is 16.7 Å². The molecule has 2 aromatic rings. The van der Waals surface area contributed by atoms with E-state index in [0.29, 0.717) is 5.89 Å². The number of aromatic nitrogens is 2. The fraction of sp³-hybridized carbons (Fsp3) is 0.467. The van der Waals surface area contributed by atoms with Crippen molar-refractivity contribution < 1.29 is 9.26 Å². The molecular weight excluding hydrogens is 254 g/mol. The lowest BCUT2D eigenvalue weighted by atomic mass is 10.1. The highest BCUT2D eigenvalue weighted by atomic mass is 16.5. The molecule has 5 heteroatoms. The van der Waals surface area contributed by atoms with Gasteiger partial charge in [0.25, 0.3) is 0 Å². The van der Waals surface area contributed by atoms with E-state index in [0.717, 1.165) is 30.3 Å². The minimum absolute atomic E-state index is 0.0182. The molecule has 1 atom stereocenters. The fourth-order valence-corrected chi connectivity index (χ4v) is 2.25. The minimum Gasteiger partial charge on any atom is -0.493 e. The van der Waals surface area contributed by atoms with Gasteiger partial charge in [-0.15, -0.1) is 0 Å². The maximum absolute atomic E-state index is 5.50. The molecule has 1 aromatic heterocycles. The molecule has 0 radical (unpaired) electrons. The van der Waals surface area contributed by atoms with Crippen molar-refractivity contribution in [3.05, 3.63) is 35.5 Å². The highest BCUT2D eigenvalue weighted by Crippen LogP contribution is 2.29. The van der Waals surface area contributed by atoms with Crippen LogP contribution in [0.5, 0.6) is 5.75 Å². The zero-order valence-corrected chi connectivity index (χ0v) is 12.0. The number of nitrogens with one attached hydrogen (secondary N) is 1. The molecule has 0 amide bonds. The van der Waals surface area contributed by atoms with E-state index in [1.807, 2.05) is 32.9 Å². The van der Waals surface area contributed by atoms with Gasteiger partial charge in [-0.3, -0.25) is 0 Å². The van der Waals surface area contributed by atoms with Crippen LogP contribution < -0.4 is 10.1 Å². The quantitative estimate of drug-likeness (QED) is 0.926. The first-order valence-corrected chi connectivity index (χ1v) is 6.99. The largest absolute Gasteiger partial charge is 0.493 e. The van der Waals surface area contributed by atoms with Crippen molar-refractivity contribution in [2.24, 2.45) is 0 Å². The van der Waals surface area contributed by atoms with Crippen LogP contribution in [0.2, 0.25) is 0 Å². The normalized spacial score (nSPS) is 15.0. The monoisotopic (exact) mass is 273 g/mol. The summed E-state index contributed by atoms with van der Waals surface area (Å²) in [7, 11) is 0. The van der Waals surface area contributed by atoms with Gasteiger partial charge in [0, 0.05) is 18.0 Å². The third kappa shape index (κ3) is 2.48. The molecule has 0 spiro atoms. The van der Waals surface area contributed by atoms with E-state index >= 15 is 0 Å². The molecule has 0 fully saturated rings. The van der Waals surface area contributed by atoms with E-state index in [1.165, 1.54) is 5.56 Å². The zero-order chi connectivity index (χ0) is 14.1. The van der Waals surface area contributed by atoms with Crippen molar-refractivity contribution >= 4 is 5.69 Å². The van der Waals surface area contributed by atoms with Crippen molar-refractivity contribution in [2.75, 3.05) is 11.9 Å². The molecule has 1 N–H and O–H groups in total. The smallest absolute Gasteiger partial charge is 0.248 e. The molecule has 1 aliphatic rings. The Morgan fingerprint density at radius 1 is 1.25 bits per heavy atom. The Morgan fingerprint density at radius 3 is 2.85 bits per heavy atom. The molecule has 0 saturated carbocycles. The molecule has 20 heavy (non-hydrogen) atoms. The predicted molar refractivity (Wildman–Crippen MR) is 76.1 cm³/mol. The Kier molecular flexibility index (Phi) is 3.34. The van der Waals surface area contributed by atoms with Gasteiger partial charge < -0.3 is 14.6 Å². The van der Waals surface area contributed by atoms with Crippen LogP contribution in [-0.2, 0) is 6.42 Å². The van der Waals surface area contributed by atoms with Gasteiger partial charge in [-0.25, -0.2) is 0 Å². The number of ether oxygens (including phenoxy) is 1. The first-order chi connectivity index (χ1) is 9.63. The summed E-state index contributed by atoms with van der Waals surface area (Å²) in [4.78, 5) is 4.41. The number of rotatable bonds is 4. The van der Waals surface area contributed by atoms with Crippen LogP contribution in [0.15, 0.2) is 22.7 Å². The van der Waals surface area contributed by atoms with Crippen LogP contribution in [0.25, 0.3) is 0 Å². The molecule has 5 nitrogen and oxygen atoms in total. The molecule has 0 aliphatic carbocycles. The van der Waals surface area contributed by atoms with Crippen LogP contribution in [0, 0.1) is 0 Å². The number of hydrogen-bond donors (Lipinski definition) is 1. The molecule has 1 aliphatic heterocycles. The zero-order valence-electron chi connectivity index (χ0n) is 12.0. The van der Waals surface area contributed by atoms with Gasteiger partial charge in [-0.05, 0) is 30.7 Å². The first-order valence-electron chi connectivity index (χ1n) is 6.99. The SMILES string of the molecule is CC(C)c1noc(C(C)Nc2ccc3c(c2)CCO3)n1. The minimum atomic E-state index is -0.0182. The second-order valence-electron chi connectivity index (χ2n) is 5.43. The van der Waals surface area contributed by atoms with Crippen LogP contribution in [0.4, 0.5) is 5.69 Å². The van der Waals surface area contributed by atoms with Gasteiger partial charge >= 0.3 is 0 Å². The predicted octanol–water partition coefficient (Wildman–Crippen LogP) is 3.30. The Labute approximate surface area is 118 Å². The van der Waals surface area contributed by atoms with E-state index in [4.69, 9.17) is 9.26 Å². The third-order valence-electron chi connectivity index (χ3n) is 3.42. The van der Waals surface area contributed by atoms with Crippen molar-refractivity contribution in [3.63, 3.8) is 0 Å². The first kappa shape index (κ1) is 13.0. The molecule has 1 aromatic carbocycles. The lowest BCUT2D eigenvalue weighted by Crippen LogP contribution is -2.07. The van der Waals surface area contributed by atoms with Crippen molar-refractivity contribution in [1.82, 2.24) is 10.1 Å². The summed E-state index contributed by atoms with van der Waals surface area (Å²) >= 11 is 0. The number of hydrogen-bond acceptors (Lipinski definition) is 5. The van der Waals surface area contributed by atoms with E-state index in [1.54, 1.807) is 0 Å². The summed E-state index contributed by atoms with van der Waals surface area (Å²) in [6.45, 7) is 6.89. The van der Waals surface area contributed by atoms with Gasteiger partial charge in [-0.1, -0.05) is 19.0 Å². The van der Waals surface area contributed by atoms with Crippen molar-refractivity contribution in [1.29, 1.82) is 0 Å². The van der Waals surface area contributed by atoms with Crippen LogP contribution in [0.3, 0.4) is 0 Å². The highest BCUT2D eigenvalue weighted by Gasteiger charge is 2.17. The molecule has 106 valence electrons. The third-order valence-corrected chi connectivity index (χ3v) is 3.42. The lowest BCUT2D eigenvalue weighted by molar-refractivity contribution is 0.357. The molecular formula is C15H19N3O2. The van der Waals surface area contributed by atoms with E-state index in [9.17, 15) is 0 Å². The molecule has 3 rings (SSSR count). The standard InChI is InChI=1S/C15H19N3O2/c1-9(2)14-17-15(20-18-14)10(3)16-12-4-5-13-11(8-12)6-7-19-13/h4-5,8-10,16H,6-7H2,1-3H3. The van der Waals surface area contributed by atoms with Crippen LogP contribution in [0.1, 0.15) is 50.0 Å². The molecule has 0 saturated heterocycles. The van der Waals surface area contributed by atoms with Gasteiger partial charge in [-0.2, -0.15) is 4.98 Å². The number of fused-ring (bicyclic) bond motifs is 1. The highest BCUT2D eigenvalue weighted by molar-refractivity contribution is 5.53. The number of anilines is 1. The van der Waals surface area contributed by atoms with Crippen molar-refractivity contribution in [2.45, 2.75) is 39.2 Å². The Morgan fingerprint density at radius 2 is 2.10 bits per heavy atom. The Hall–Kier alpha value is -2.04. The number of benzene rings is 1. The summed E-state index contributed by atoms with van der Waals surface area (Å²) in [6.07, 6.45) is 0.970. The second-order valence-corrected chi connectivity index (χ2v) is 5.43. The fourth-order valence-electron chi connectivity index (χ4n) is 2.25. The van der Waals surface area contributed by atoms with E-state index in [-0.39, 0.29) is 12.0 Å². The second kappa shape index (κ2) is 5.15. The molecule has 1 unspecified atom stereocenters. The molecule has 2 heterocycles. The average Bonchev–Trinajstić information content (AvgIpc) is 3.07. The Balaban J connectivity index is 1.73. The average molecular weight is 273 g/mol. The molecule has 0 bridgehead atoms. The van der Waals surface area contributed by atoms with E-state index in [2.05, 4.69) is 21.5 Å². The van der Waals surface area contributed by atoms with Crippen LogP contribution >= 0.6 is 0 Å². The van der Waals surface area contributed by atoms with Crippen molar-refractivity contribution in [3.8, 4) is 5.75 Å². The topological polar surface area (TPSA) is 60.2 Å². The van der Waals surface area contributed by atoms with Gasteiger partial charge in [0.15, 0.2) is 5.82 Å². The summed E-state index contributed by atoms with van der Waals surface area (Å²) in [5.74, 6) is 2.63. The summed E-state index contributed by atoms with van der Waals surface area (Å²) < 4.78 is 10.8. The summed E-state index contributed by atoms with van der Waals surface area (Å²) in [5.41, 5.74) is 2.29. The maximum Gasteiger partial charge on any atom is 0.248 e. The van der Waals surface area contributed by atoms with Gasteiger partial charge in [0.05, 0.1) is 6.61 Å². The lowest BCUT2D eigenvalue weighted by Gasteiger charge is -2.12. The maximum atomic E-state index is 5.50. The summed E-state index contributed by atoms with van der Waals surface area (Å²) in [6, 6.07) is 6.12. The number of nitrogens with zero attached hydrogens (tertiary/aromatic N) is 2. The van der Waals surface area contributed by atoms with Gasteiger partial charge in [0.1, 0.15) is 11.8 Å². The van der Waals surface area contributed by atoms with Gasteiger partial charge in [0.2, 0.25) is 5.89 Å².